The van der Waals surface area contributed by atoms with E-state index in [4.69, 9.17) is 14.2 Å². The summed E-state index contributed by atoms with van der Waals surface area (Å²) in [6.45, 7) is 9.58. The van der Waals surface area contributed by atoms with E-state index >= 15 is 0 Å². The van der Waals surface area contributed by atoms with Crippen molar-refractivity contribution in [3.05, 3.63) is 53.7 Å². The van der Waals surface area contributed by atoms with Crippen molar-refractivity contribution < 1.29 is 19.0 Å². The second-order valence-electron chi connectivity index (χ2n) is 7.53. The van der Waals surface area contributed by atoms with Gasteiger partial charge in [0.05, 0.1) is 30.9 Å². The maximum Gasteiger partial charge on any atom is 0.340 e. The van der Waals surface area contributed by atoms with Crippen molar-refractivity contribution in [2.45, 2.75) is 53.4 Å². The Morgan fingerprint density at radius 2 is 1.61 bits per heavy atom. The first-order valence-electron chi connectivity index (χ1n) is 11.3. The molecule has 2 aromatic carbocycles. The Bertz CT molecular complexity index is 1000. The quantitative estimate of drug-likeness (QED) is 0.262. The average molecular weight is 424 g/mol. The van der Waals surface area contributed by atoms with E-state index in [1.165, 1.54) is 19.3 Å². The summed E-state index contributed by atoms with van der Waals surface area (Å²) in [6, 6.07) is 13.9. The molecule has 0 saturated carbocycles. The molecule has 5 heteroatoms. The predicted octanol–water partition coefficient (Wildman–Crippen LogP) is 6.47. The molecule has 0 aliphatic rings. The first-order valence-corrected chi connectivity index (χ1v) is 11.3. The number of benzene rings is 2. The second kappa shape index (κ2) is 10.9. The van der Waals surface area contributed by atoms with Crippen LogP contribution in [-0.2, 0) is 4.74 Å². The van der Waals surface area contributed by atoms with Crippen LogP contribution in [0.4, 0.5) is 0 Å². The number of carbonyl (C=O) groups is 1. The molecule has 0 radical (unpaired) electrons. The fraction of sp³-hybridized carbons (Fsp3) is 0.423. The molecule has 3 aromatic rings. The van der Waals surface area contributed by atoms with Gasteiger partial charge in [-0.25, -0.2) is 4.79 Å². The van der Waals surface area contributed by atoms with Crippen LogP contribution >= 0.6 is 0 Å². The van der Waals surface area contributed by atoms with Crippen molar-refractivity contribution >= 4 is 16.9 Å². The molecule has 0 aliphatic carbocycles. The van der Waals surface area contributed by atoms with Crippen molar-refractivity contribution in [2.24, 2.45) is 0 Å². The van der Waals surface area contributed by atoms with Gasteiger partial charge in [0, 0.05) is 16.8 Å². The van der Waals surface area contributed by atoms with Crippen molar-refractivity contribution in [1.29, 1.82) is 0 Å². The number of hydrogen-bond donors (Lipinski definition) is 0. The molecule has 166 valence electrons. The number of aromatic nitrogens is 1. The molecule has 5 nitrogen and oxygen atoms in total. The SMILES string of the molecule is CCCCCCOc1ccc2c(c1)c(C(=O)OCC)c(C)n2-c1ccc(OCC)cc1. The smallest absolute Gasteiger partial charge is 0.340 e. The van der Waals surface area contributed by atoms with Crippen LogP contribution in [0.2, 0.25) is 0 Å². The molecule has 1 aromatic heterocycles. The summed E-state index contributed by atoms with van der Waals surface area (Å²) in [7, 11) is 0. The lowest BCUT2D eigenvalue weighted by Crippen LogP contribution is -2.07. The summed E-state index contributed by atoms with van der Waals surface area (Å²) in [4.78, 5) is 12.8. The summed E-state index contributed by atoms with van der Waals surface area (Å²) in [5, 5.41) is 0.843. The summed E-state index contributed by atoms with van der Waals surface area (Å²) in [5.41, 5.74) is 3.35. The van der Waals surface area contributed by atoms with Gasteiger partial charge in [0.1, 0.15) is 11.5 Å². The Labute approximate surface area is 184 Å². The number of hydrogen-bond acceptors (Lipinski definition) is 4. The summed E-state index contributed by atoms with van der Waals surface area (Å²) < 4.78 is 19.0. The molecule has 0 amide bonds. The number of esters is 1. The van der Waals surface area contributed by atoms with Gasteiger partial charge in [0.25, 0.3) is 0 Å². The van der Waals surface area contributed by atoms with Crippen LogP contribution in [0.5, 0.6) is 11.5 Å². The molecule has 0 atom stereocenters. The largest absolute Gasteiger partial charge is 0.494 e. The molecular weight excluding hydrogens is 390 g/mol. The van der Waals surface area contributed by atoms with Gasteiger partial charge in [-0.1, -0.05) is 26.2 Å². The minimum atomic E-state index is -0.310. The standard InChI is InChI=1S/C26H33NO4/c1-5-8-9-10-17-31-22-15-16-24-23(18-22)25(26(28)30-7-3)19(4)27(24)20-11-13-21(14-12-20)29-6-2/h11-16,18H,5-10,17H2,1-4H3. The number of ether oxygens (including phenoxy) is 3. The van der Waals surface area contributed by atoms with E-state index in [1.807, 2.05) is 63.2 Å². The lowest BCUT2D eigenvalue weighted by atomic mass is 10.1. The summed E-state index contributed by atoms with van der Waals surface area (Å²) in [6.07, 6.45) is 4.62. The van der Waals surface area contributed by atoms with Crippen molar-refractivity contribution in [3.8, 4) is 17.2 Å². The number of nitrogens with zero attached hydrogens (tertiary/aromatic N) is 1. The number of rotatable bonds is 11. The third-order valence-corrected chi connectivity index (χ3v) is 5.33. The number of unbranched alkanes of at least 4 members (excludes halogenated alkanes) is 3. The monoisotopic (exact) mass is 423 g/mol. The Morgan fingerprint density at radius 3 is 2.29 bits per heavy atom. The molecule has 0 bridgehead atoms. The van der Waals surface area contributed by atoms with Crippen molar-refractivity contribution in [2.75, 3.05) is 19.8 Å². The summed E-state index contributed by atoms with van der Waals surface area (Å²) in [5.74, 6) is 1.29. The van der Waals surface area contributed by atoms with Crippen LogP contribution in [0.3, 0.4) is 0 Å². The normalized spacial score (nSPS) is 11.0. The molecule has 31 heavy (non-hydrogen) atoms. The number of fused-ring (bicyclic) bond motifs is 1. The third kappa shape index (κ3) is 5.22. The van der Waals surface area contributed by atoms with Gasteiger partial charge in [-0.3, -0.25) is 0 Å². The molecule has 0 spiro atoms. The van der Waals surface area contributed by atoms with Crippen LogP contribution in [-0.4, -0.2) is 30.4 Å². The van der Waals surface area contributed by atoms with Gasteiger partial charge in [-0.2, -0.15) is 0 Å². The fourth-order valence-corrected chi connectivity index (χ4v) is 3.86. The highest BCUT2D eigenvalue weighted by Crippen LogP contribution is 2.33. The Hall–Kier alpha value is -2.95. The van der Waals surface area contributed by atoms with Crippen LogP contribution in [0.25, 0.3) is 16.6 Å². The minimum absolute atomic E-state index is 0.310. The summed E-state index contributed by atoms with van der Waals surface area (Å²) >= 11 is 0. The molecule has 3 rings (SSSR count). The molecule has 0 unspecified atom stereocenters. The predicted molar refractivity (Wildman–Crippen MR) is 125 cm³/mol. The Morgan fingerprint density at radius 1 is 0.871 bits per heavy atom. The molecule has 0 aliphatic heterocycles. The van der Waals surface area contributed by atoms with E-state index in [0.29, 0.717) is 25.4 Å². The van der Waals surface area contributed by atoms with Gasteiger partial charge >= 0.3 is 5.97 Å². The Balaban J connectivity index is 2.00. The van der Waals surface area contributed by atoms with Gasteiger partial charge < -0.3 is 18.8 Å². The minimum Gasteiger partial charge on any atom is -0.494 e. The first kappa shape index (κ1) is 22.7. The van der Waals surface area contributed by atoms with Gasteiger partial charge in [0.15, 0.2) is 0 Å². The maximum absolute atomic E-state index is 12.8. The van der Waals surface area contributed by atoms with E-state index in [1.54, 1.807) is 0 Å². The highest BCUT2D eigenvalue weighted by Gasteiger charge is 2.22. The molecule has 0 saturated heterocycles. The van der Waals surface area contributed by atoms with E-state index in [9.17, 15) is 4.79 Å². The van der Waals surface area contributed by atoms with Crippen LogP contribution < -0.4 is 9.47 Å². The van der Waals surface area contributed by atoms with Gasteiger partial charge in [-0.15, -0.1) is 0 Å². The van der Waals surface area contributed by atoms with E-state index in [0.717, 1.165) is 40.2 Å². The second-order valence-corrected chi connectivity index (χ2v) is 7.53. The van der Waals surface area contributed by atoms with Gasteiger partial charge in [0.2, 0.25) is 0 Å². The topological polar surface area (TPSA) is 49.7 Å². The first-order chi connectivity index (χ1) is 15.1. The highest BCUT2D eigenvalue weighted by atomic mass is 16.5. The van der Waals surface area contributed by atoms with Crippen molar-refractivity contribution in [1.82, 2.24) is 4.57 Å². The molecular formula is C26H33NO4. The maximum atomic E-state index is 12.8. The van der Waals surface area contributed by atoms with Crippen LogP contribution in [0.1, 0.15) is 62.5 Å². The van der Waals surface area contributed by atoms with Gasteiger partial charge in [-0.05, 0) is 69.7 Å². The zero-order valence-corrected chi connectivity index (χ0v) is 19.1. The lowest BCUT2D eigenvalue weighted by Gasteiger charge is -2.11. The number of carbonyl (C=O) groups excluding carboxylic acids is 1. The van der Waals surface area contributed by atoms with Crippen LogP contribution in [0, 0.1) is 6.92 Å². The van der Waals surface area contributed by atoms with E-state index < -0.39 is 0 Å². The van der Waals surface area contributed by atoms with Crippen LogP contribution in [0.15, 0.2) is 42.5 Å². The lowest BCUT2D eigenvalue weighted by molar-refractivity contribution is 0.0527. The fourth-order valence-electron chi connectivity index (χ4n) is 3.86. The average Bonchev–Trinajstić information content (AvgIpc) is 3.06. The third-order valence-electron chi connectivity index (χ3n) is 5.33. The zero-order chi connectivity index (χ0) is 22.2. The zero-order valence-electron chi connectivity index (χ0n) is 19.1. The Kier molecular flexibility index (Phi) is 7.99. The van der Waals surface area contributed by atoms with Crippen molar-refractivity contribution in [3.63, 3.8) is 0 Å². The highest BCUT2D eigenvalue weighted by molar-refractivity contribution is 6.07. The van der Waals surface area contributed by atoms with E-state index in [-0.39, 0.29) is 5.97 Å². The van der Waals surface area contributed by atoms with E-state index in [2.05, 4.69) is 11.5 Å². The molecule has 1 heterocycles. The molecule has 0 fully saturated rings. The molecule has 0 N–H and O–H groups in total.